The third kappa shape index (κ3) is 6.42. The molecule has 13 heteroatoms. The molecule has 3 N–H and O–H groups in total. The van der Waals surface area contributed by atoms with Crippen molar-refractivity contribution in [3.63, 3.8) is 0 Å². The Morgan fingerprint density at radius 2 is 1.80 bits per heavy atom. The molecule has 2 saturated carbocycles. The van der Waals surface area contributed by atoms with Gasteiger partial charge in [-0.15, -0.1) is 0 Å². The molecule has 2 saturated heterocycles. The van der Waals surface area contributed by atoms with Crippen LogP contribution in [0.4, 0.5) is 5.69 Å². The van der Waals surface area contributed by atoms with Crippen LogP contribution in [0.3, 0.4) is 0 Å². The third-order valence-corrected chi connectivity index (χ3v) is 14.2. The summed E-state index contributed by atoms with van der Waals surface area (Å²) < 4.78 is 7.72. The number of methoxy groups -OCH3 is 1. The number of anilines is 1. The van der Waals surface area contributed by atoms with Crippen LogP contribution in [0.2, 0.25) is 10.0 Å². The molecule has 2 aliphatic carbocycles. The zero-order valence-corrected chi connectivity index (χ0v) is 32.9. The van der Waals surface area contributed by atoms with Crippen LogP contribution in [0.15, 0.2) is 48.7 Å². The molecule has 0 unspecified atom stereocenters. The number of fused-ring (bicyclic) bond motifs is 3. The van der Waals surface area contributed by atoms with Gasteiger partial charge in [0.2, 0.25) is 0 Å². The Bertz CT molecular complexity index is 2180. The van der Waals surface area contributed by atoms with E-state index in [2.05, 4.69) is 31.5 Å². The highest BCUT2D eigenvalue weighted by Crippen LogP contribution is 2.63. The lowest BCUT2D eigenvalue weighted by atomic mass is 9.74. The molecule has 9 rings (SSSR count). The van der Waals surface area contributed by atoms with Gasteiger partial charge in [-0.05, 0) is 68.7 Å². The Kier molecular flexibility index (Phi) is 9.24. The number of nitrogens with one attached hydrogen (secondary N) is 2. The number of benzene rings is 2. The molecule has 2 bridgehead atoms. The van der Waals surface area contributed by atoms with Gasteiger partial charge in [0, 0.05) is 98.8 Å². The van der Waals surface area contributed by atoms with Crippen LogP contribution in [0.5, 0.6) is 5.75 Å². The first-order valence-electron chi connectivity index (χ1n) is 19.4. The highest BCUT2D eigenvalue weighted by Gasteiger charge is 2.57. The minimum Gasteiger partial charge on any atom is -0.496 e. The molecular weight excluding hydrogens is 737 g/mol. The molecule has 5 aliphatic rings. The highest BCUT2D eigenvalue weighted by atomic mass is 35.5. The number of amides is 1. The van der Waals surface area contributed by atoms with Gasteiger partial charge in [0.15, 0.2) is 5.82 Å². The second-order valence-electron chi connectivity index (χ2n) is 16.8. The summed E-state index contributed by atoms with van der Waals surface area (Å²) in [4.78, 5) is 40.0. The van der Waals surface area contributed by atoms with E-state index in [0.29, 0.717) is 50.3 Å². The number of hydrogen-bond acceptors (Lipinski definition) is 8. The van der Waals surface area contributed by atoms with E-state index in [-0.39, 0.29) is 11.3 Å². The predicted octanol–water partition coefficient (Wildman–Crippen LogP) is 6.91. The van der Waals surface area contributed by atoms with Crippen molar-refractivity contribution in [1.82, 2.24) is 29.7 Å². The largest absolute Gasteiger partial charge is 0.496 e. The number of aliphatic carboxylic acids is 1. The summed E-state index contributed by atoms with van der Waals surface area (Å²) in [6.45, 7) is 7.70. The molecule has 11 nitrogen and oxygen atoms in total. The maximum atomic E-state index is 13.8. The number of imidazole rings is 1. The van der Waals surface area contributed by atoms with Crippen LogP contribution in [0, 0.1) is 16.2 Å². The summed E-state index contributed by atoms with van der Waals surface area (Å²) in [5, 5.41) is 17.1. The van der Waals surface area contributed by atoms with Gasteiger partial charge in [-0.25, -0.2) is 4.98 Å². The molecule has 2 aromatic heterocycles. The van der Waals surface area contributed by atoms with Gasteiger partial charge in [0.25, 0.3) is 5.91 Å². The van der Waals surface area contributed by atoms with Crippen LogP contribution in [0.1, 0.15) is 66.1 Å². The number of halogens is 2. The molecule has 1 amide bonds. The van der Waals surface area contributed by atoms with Crippen LogP contribution >= 0.6 is 23.2 Å². The molecule has 0 atom stereocenters. The van der Waals surface area contributed by atoms with Crippen molar-refractivity contribution < 1.29 is 19.4 Å². The molecule has 2 aromatic carbocycles. The first-order chi connectivity index (χ1) is 26.5. The van der Waals surface area contributed by atoms with E-state index in [1.807, 2.05) is 41.9 Å². The Labute approximate surface area is 331 Å². The zero-order chi connectivity index (χ0) is 38.1. The maximum Gasteiger partial charge on any atom is 0.309 e. The Morgan fingerprint density at radius 1 is 1.02 bits per heavy atom. The smallest absolute Gasteiger partial charge is 0.309 e. The second-order valence-corrected chi connectivity index (χ2v) is 17.6. The Hall–Kier alpha value is -4.00. The van der Waals surface area contributed by atoms with Gasteiger partial charge in [0.1, 0.15) is 5.75 Å². The lowest BCUT2D eigenvalue weighted by Crippen LogP contribution is -2.70. The average Bonchev–Trinajstić information content (AvgIpc) is 3.83. The lowest BCUT2D eigenvalue weighted by molar-refractivity contribution is -0.148. The van der Waals surface area contributed by atoms with Crippen molar-refractivity contribution in [1.29, 1.82) is 0 Å². The number of carboxylic acid groups (broad SMARTS) is 1. The van der Waals surface area contributed by atoms with Crippen molar-refractivity contribution in [2.24, 2.45) is 23.3 Å². The fourth-order valence-corrected chi connectivity index (χ4v) is 10.8. The molecular formula is C42H47Cl2N7O4. The van der Waals surface area contributed by atoms with E-state index in [1.165, 1.54) is 0 Å². The number of rotatable bonds is 11. The number of carboxylic acids is 1. The fourth-order valence-electron chi connectivity index (χ4n) is 10.2. The van der Waals surface area contributed by atoms with Gasteiger partial charge in [-0.3, -0.25) is 24.4 Å². The minimum atomic E-state index is -0.618. The van der Waals surface area contributed by atoms with Crippen molar-refractivity contribution >= 4 is 40.8 Å². The van der Waals surface area contributed by atoms with Crippen LogP contribution in [-0.4, -0.2) is 87.7 Å². The Balaban J connectivity index is 0.883. The van der Waals surface area contributed by atoms with Gasteiger partial charge in [0.05, 0.1) is 39.6 Å². The van der Waals surface area contributed by atoms with E-state index in [9.17, 15) is 14.7 Å². The molecule has 0 radical (unpaired) electrons. The summed E-state index contributed by atoms with van der Waals surface area (Å²) in [5.74, 6) is 0.174. The summed E-state index contributed by atoms with van der Waals surface area (Å²) in [5.41, 5.74) is 6.50. The lowest BCUT2D eigenvalue weighted by Gasteiger charge is -2.56. The number of aromatic nitrogens is 3. The topological polar surface area (TPSA) is 125 Å². The third-order valence-electron chi connectivity index (χ3n) is 13.4. The molecule has 1 spiro atoms. The number of carbonyl (C=O) groups excluding carboxylic acids is 1. The first-order valence-corrected chi connectivity index (χ1v) is 20.1. The Morgan fingerprint density at radius 3 is 2.51 bits per heavy atom. The number of pyridine rings is 1. The van der Waals surface area contributed by atoms with Gasteiger partial charge >= 0.3 is 5.97 Å². The molecule has 5 heterocycles. The van der Waals surface area contributed by atoms with E-state index in [1.54, 1.807) is 19.4 Å². The quantitative estimate of drug-likeness (QED) is 0.149. The van der Waals surface area contributed by atoms with E-state index in [0.717, 1.165) is 119 Å². The van der Waals surface area contributed by atoms with Crippen LogP contribution in [0.25, 0.3) is 22.4 Å². The number of nitrogens with zero attached hydrogens (tertiary/aromatic N) is 5. The normalized spacial score (nSPS) is 24.0. The molecule has 3 aliphatic heterocycles. The van der Waals surface area contributed by atoms with E-state index < -0.39 is 11.4 Å². The minimum absolute atomic E-state index is 0.147. The number of carbonyl (C=O) groups is 2. The van der Waals surface area contributed by atoms with E-state index in [4.69, 9.17) is 32.9 Å². The summed E-state index contributed by atoms with van der Waals surface area (Å²) >= 11 is 14.1. The summed E-state index contributed by atoms with van der Waals surface area (Å²) in [6, 6.07) is 13.5. The van der Waals surface area contributed by atoms with Crippen molar-refractivity contribution in [2.75, 3.05) is 51.7 Å². The van der Waals surface area contributed by atoms with Gasteiger partial charge < -0.3 is 25.0 Å². The summed E-state index contributed by atoms with van der Waals surface area (Å²) in [7, 11) is 3.58. The number of likely N-dealkylation sites (tertiary alicyclic amines) is 1. The highest BCUT2D eigenvalue weighted by molar-refractivity contribution is 6.39. The zero-order valence-electron chi connectivity index (χ0n) is 31.4. The molecule has 288 valence electrons. The SMILES string of the molecule is COc1cc(-c2nccc(-c3cccc(NC(=O)c4nc5c(n4C)CCN(CCC46CCC(C(=O)O)(CC4)C6)C5)c3Cl)c2Cl)ccc1CN1CC2(CNC2)C1. The van der Waals surface area contributed by atoms with Crippen molar-refractivity contribution in [2.45, 2.75) is 58.0 Å². The monoisotopic (exact) mass is 783 g/mol. The molecule has 4 aromatic rings. The maximum absolute atomic E-state index is 13.8. The molecule has 55 heavy (non-hydrogen) atoms. The van der Waals surface area contributed by atoms with Crippen LogP contribution in [-0.2, 0) is 31.4 Å². The average molecular weight is 785 g/mol. The number of hydrogen-bond donors (Lipinski definition) is 3. The van der Waals surface area contributed by atoms with Gasteiger partial charge in [-0.2, -0.15) is 0 Å². The molecule has 4 fully saturated rings. The van der Waals surface area contributed by atoms with Crippen molar-refractivity contribution in [3.8, 4) is 28.1 Å². The van der Waals surface area contributed by atoms with Crippen molar-refractivity contribution in [3.05, 3.63) is 81.5 Å². The van der Waals surface area contributed by atoms with Crippen LogP contribution < -0.4 is 15.4 Å². The fraction of sp³-hybridized carbons (Fsp3) is 0.476. The second kappa shape index (κ2) is 13.9. The van der Waals surface area contributed by atoms with Gasteiger partial charge in [-0.1, -0.05) is 47.5 Å². The first kappa shape index (κ1) is 36.6. The summed E-state index contributed by atoms with van der Waals surface area (Å²) in [6.07, 6.45) is 7.94. The standard InChI is InChI=1S/C42H47Cl2N7O4/c1-49-32-9-16-50(17-14-40-10-12-42(21-40,13-11-40)39(53)54)20-31(32)47-37(49)38(52)48-30-5-3-4-28(34(30)43)29-8-15-46-36(35(29)44)26-6-7-27(33(18-26)55-2)19-51-24-41(25-51)22-45-23-41/h3-8,15,18,45H,9-14,16-17,19-25H2,1-2H3,(H,48,52)(H,53,54). The number of ether oxygens (including phenoxy) is 1. The predicted molar refractivity (Wildman–Crippen MR) is 213 cm³/mol. The van der Waals surface area contributed by atoms with E-state index >= 15 is 0 Å².